The van der Waals surface area contributed by atoms with E-state index < -0.39 is 16.9 Å². The summed E-state index contributed by atoms with van der Waals surface area (Å²) in [5.74, 6) is 0.406. The van der Waals surface area contributed by atoms with E-state index in [1.165, 1.54) is 12.1 Å². The van der Waals surface area contributed by atoms with E-state index in [0.717, 1.165) is 5.56 Å². The number of carbonyl (C=O) groups is 1. The lowest BCUT2D eigenvalue weighted by Gasteiger charge is -2.28. The van der Waals surface area contributed by atoms with E-state index in [1.54, 1.807) is 30.7 Å². The van der Waals surface area contributed by atoms with Gasteiger partial charge in [-0.25, -0.2) is 9.48 Å². The zero-order chi connectivity index (χ0) is 21.3. The Labute approximate surface area is 172 Å². The number of ether oxygens (including phenoxy) is 1. The molecule has 1 N–H and O–H groups in total. The second-order valence-corrected chi connectivity index (χ2v) is 6.71. The lowest BCUT2D eigenvalue weighted by Crippen LogP contribution is -2.29. The third kappa shape index (κ3) is 3.41. The molecule has 9 heteroatoms. The number of benzene rings is 2. The maximum atomic E-state index is 12.8. The highest BCUT2D eigenvalue weighted by atomic mass is 16.6. The number of nitro benzene ring substituents is 1. The molecule has 2 heterocycles. The number of allylic oxidation sites excluding steroid dienone is 1. The maximum Gasteiger partial charge on any atom is 0.338 e. The van der Waals surface area contributed by atoms with Crippen molar-refractivity contribution in [3.63, 3.8) is 0 Å². The van der Waals surface area contributed by atoms with E-state index >= 15 is 0 Å². The number of anilines is 1. The van der Waals surface area contributed by atoms with Crippen LogP contribution in [0, 0.1) is 10.1 Å². The van der Waals surface area contributed by atoms with Crippen molar-refractivity contribution in [2.75, 3.05) is 11.9 Å². The van der Waals surface area contributed by atoms with E-state index in [2.05, 4.69) is 15.4 Å². The number of aromatic nitrogens is 3. The summed E-state index contributed by atoms with van der Waals surface area (Å²) in [6.45, 7) is 3.68. The van der Waals surface area contributed by atoms with Crippen molar-refractivity contribution in [1.29, 1.82) is 0 Å². The summed E-state index contributed by atoms with van der Waals surface area (Å²) in [6, 6.07) is 14.9. The molecule has 152 valence electrons. The number of rotatable bonds is 5. The highest BCUT2D eigenvalue weighted by Crippen LogP contribution is 2.37. The molecule has 1 aromatic heterocycles. The SMILES string of the molecule is CCOC(=O)C1=C(C)Nc2nc(-c3ccccc3)nn2C1c1cccc([N+](=O)[O-])c1. The Morgan fingerprint density at radius 2 is 2.00 bits per heavy atom. The van der Waals surface area contributed by atoms with Crippen LogP contribution in [0.4, 0.5) is 11.6 Å². The number of nitrogens with one attached hydrogen (secondary N) is 1. The number of non-ortho nitro benzene ring substituents is 1. The average Bonchev–Trinajstić information content (AvgIpc) is 3.17. The molecule has 0 amide bonds. The molecular weight excluding hydrogens is 386 g/mol. The number of hydrogen-bond donors (Lipinski definition) is 1. The molecule has 2 aromatic carbocycles. The number of carbonyl (C=O) groups excluding carboxylic acids is 1. The summed E-state index contributed by atoms with van der Waals surface area (Å²) in [7, 11) is 0. The van der Waals surface area contributed by atoms with Gasteiger partial charge in [-0.2, -0.15) is 4.98 Å². The summed E-state index contributed by atoms with van der Waals surface area (Å²) in [6.07, 6.45) is 0. The van der Waals surface area contributed by atoms with E-state index in [4.69, 9.17) is 4.74 Å². The third-order valence-electron chi connectivity index (χ3n) is 4.78. The van der Waals surface area contributed by atoms with Crippen molar-refractivity contribution in [3.8, 4) is 11.4 Å². The first-order chi connectivity index (χ1) is 14.5. The molecule has 1 atom stereocenters. The van der Waals surface area contributed by atoms with Crippen molar-refractivity contribution in [1.82, 2.24) is 14.8 Å². The minimum atomic E-state index is -0.717. The normalized spacial score (nSPS) is 15.3. The molecule has 30 heavy (non-hydrogen) atoms. The fourth-order valence-corrected chi connectivity index (χ4v) is 3.45. The van der Waals surface area contributed by atoms with Crippen molar-refractivity contribution in [2.45, 2.75) is 19.9 Å². The Bertz CT molecular complexity index is 1150. The van der Waals surface area contributed by atoms with Crippen molar-refractivity contribution >= 4 is 17.6 Å². The van der Waals surface area contributed by atoms with Crippen molar-refractivity contribution < 1.29 is 14.5 Å². The molecule has 0 radical (unpaired) electrons. The Morgan fingerprint density at radius 3 is 2.70 bits per heavy atom. The lowest BCUT2D eigenvalue weighted by molar-refractivity contribution is -0.384. The zero-order valence-corrected chi connectivity index (χ0v) is 16.4. The third-order valence-corrected chi connectivity index (χ3v) is 4.78. The van der Waals surface area contributed by atoms with Crippen LogP contribution in [0.5, 0.6) is 0 Å². The fourth-order valence-electron chi connectivity index (χ4n) is 3.45. The molecule has 0 aliphatic carbocycles. The van der Waals surface area contributed by atoms with E-state index in [-0.39, 0.29) is 12.3 Å². The van der Waals surface area contributed by atoms with Gasteiger partial charge in [-0.1, -0.05) is 42.5 Å². The van der Waals surface area contributed by atoms with Gasteiger partial charge in [-0.15, -0.1) is 5.10 Å². The minimum absolute atomic E-state index is 0.0724. The molecule has 0 saturated carbocycles. The monoisotopic (exact) mass is 405 g/mol. The summed E-state index contributed by atoms with van der Waals surface area (Å²) >= 11 is 0. The van der Waals surface area contributed by atoms with Gasteiger partial charge in [0.05, 0.1) is 17.1 Å². The Kier molecular flexibility index (Phi) is 5.01. The van der Waals surface area contributed by atoms with Crippen LogP contribution in [-0.4, -0.2) is 32.3 Å². The van der Waals surface area contributed by atoms with Crippen LogP contribution < -0.4 is 5.32 Å². The van der Waals surface area contributed by atoms with Gasteiger partial charge in [0.25, 0.3) is 5.69 Å². The van der Waals surface area contributed by atoms with E-state index in [0.29, 0.717) is 28.6 Å². The number of esters is 1. The van der Waals surface area contributed by atoms with Crippen LogP contribution in [0.1, 0.15) is 25.5 Å². The Balaban J connectivity index is 1.89. The first kappa shape index (κ1) is 19.3. The molecule has 1 aliphatic heterocycles. The number of hydrogen-bond acceptors (Lipinski definition) is 7. The molecule has 0 bridgehead atoms. The molecule has 1 aliphatic rings. The molecule has 0 fully saturated rings. The average molecular weight is 405 g/mol. The summed E-state index contributed by atoms with van der Waals surface area (Å²) in [5.41, 5.74) is 2.17. The first-order valence-electron chi connectivity index (χ1n) is 9.40. The van der Waals surface area contributed by atoms with Crippen LogP contribution >= 0.6 is 0 Å². The van der Waals surface area contributed by atoms with Crippen molar-refractivity contribution in [2.24, 2.45) is 0 Å². The highest BCUT2D eigenvalue weighted by molar-refractivity contribution is 5.92. The highest BCUT2D eigenvalue weighted by Gasteiger charge is 2.35. The van der Waals surface area contributed by atoms with Crippen LogP contribution in [0.2, 0.25) is 0 Å². The molecule has 0 saturated heterocycles. The summed E-state index contributed by atoms with van der Waals surface area (Å²) in [5, 5.41) is 19.0. The number of nitrogens with zero attached hydrogens (tertiary/aromatic N) is 4. The van der Waals surface area contributed by atoms with Gasteiger partial charge in [0.15, 0.2) is 5.82 Å². The lowest BCUT2D eigenvalue weighted by atomic mass is 9.95. The van der Waals surface area contributed by atoms with Gasteiger partial charge >= 0.3 is 5.97 Å². The van der Waals surface area contributed by atoms with E-state index in [9.17, 15) is 14.9 Å². The molecule has 1 unspecified atom stereocenters. The molecular formula is C21H19N5O4. The fraction of sp³-hybridized carbons (Fsp3) is 0.190. The number of fused-ring (bicyclic) bond motifs is 1. The van der Waals surface area contributed by atoms with Gasteiger partial charge in [0.2, 0.25) is 5.95 Å². The first-order valence-corrected chi connectivity index (χ1v) is 9.40. The smallest absolute Gasteiger partial charge is 0.338 e. The molecule has 3 aromatic rings. The Morgan fingerprint density at radius 1 is 1.23 bits per heavy atom. The van der Waals surface area contributed by atoms with Gasteiger partial charge in [-0.05, 0) is 19.4 Å². The van der Waals surface area contributed by atoms with Gasteiger partial charge in [0.1, 0.15) is 6.04 Å². The van der Waals surface area contributed by atoms with Gasteiger partial charge < -0.3 is 10.1 Å². The Hall–Kier alpha value is -4.01. The summed E-state index contributed by atoms with van der Waals surface area (Å²) < 4.78 is 6.83. The van der Waals surface area contributed by atoms with Crippen LogP contribution in [0.25, 0.3) is 11.4 Å². The largest absolute Gasteiger partial charge is 0.463 e. The molecule has 9 nitrogen and oxygen atoms in total. The van der Waals surface area contributed by atoms with E-state index in [1.807, 2.05) is 30.3 Å². The number of nitro groups is 1. The second-order valence-electron chi connectivity index (χ2n) is 6.71. The molecule has 4 rings (SSSR count). The minimum Gasteiger partial charge on any atom is -0.463 e. The van der Waals surface area contributed by atoms with Crippen LogP contribution in [-0.2, 0) is 9.53 Å². The van der Waals surface area contributed by atoms with Crippen LogP contribution in [0.3, 0.4) is 0 Å². The predicted octanol–water partition coefficient (Wildman–Crippen LogP) is 3.71. The molecule has 0 spiro atoms. The quantitative estimate of drug-likeness (QED) is 0.391. The van der Waals surface area contributed by atoms with Gasteiger partial charge in [0, 0.05) is 23.4 Å². The topological polar surface area (TPSA) is 112 Å². The standard InChI is InChI=1S/C21H19N5O4/c1-3-30-20(27)17-13(2)22-21-23-19(14-8-5-4-6-9-14)24-25(21)18(17)15-10-7-11-16(12-15)26(28)29/h4-12,18H,3H2,1-2H3,(H,22,23,24). The van der Waals surface area contributed by atoms with Crippen LogP contribution in [0.15, 0.2) is 65.9 Å². The predicted molar refractivity (Wildman–Crippen MR) is 110 cm³/mol. The second kappa shape index (κ2) is 7.78. The maximum absolute atomic E-state index is 12.8. The van der Waals surface area contributed by atoms with Gasteiger partial charge in [-0.3, -0.25) is 10.1 Å². The summed E-state index contributed by atoms with van der Waals surface area (Å²) in [4.78, 5) is 28.2. The van der Waals surface area contributed by atoms with Crippen molar-refractivity contribution in [3.05, 3.63) is 81.5 Å². The zero-order valence-electron chi connectivity index (χ0n) is 16.4.